The number of hydrogen-bond donors (Lipinski definition) is 2. The van der Waals surface area contributed by atoms with Gasteiger partial charge in [-0.1, -0.05) is 0 Å². The summed E-state index contributed by atoms with van der Waals surface area (Å²) in [4.78, 5) is 10.4. The number of halogens is 2. The molecular formula is C11H14BrFN2O4S. The molecule has 20 heavy (non-hydrogen) atoms. The summed E-state index contributed by atoms with van der Waals surface area (Å²) in [7, 11) is -2.68. The Balaban J connectivity index is 2.91. The topological polar surface area (TPSA) is 86.7 Å². The molecule has 0 unspecified atom stereocenters. The first kappa shape index (κ1) is 16.9. The summed E-state index contributed by atoms with van der Waals surface area (Å²) in [6, 6.07) is 2.51. The van der Waals surface area contributed by atoms with Crippen molar-refractivity contribution >= 4 is 37.8 Å². The van der Waals surface area contributed by atoms with Crippen LogP contribution in [0.2, 0.25) is 0 Å². The predicted molar refractivity (Wildman–Crippen MR) is 76.3 cm³/mol. The van der Waals surface area contributed by atoms with E-state index in [0.29, 0.717) is 5.56 Å². The van der Waals surface area contributed by atoms with Crippen LogP contribution in [0.3, 0.4) is 0 Å². The van der Waals surface area contributed by atoms with E-state index < -0.39 is 22.0 Å². The Labute approximate surface area is 124 Å². The van der Waals surface area contributed by atoms with Crippen molar-refractivity contribution < 1.29 is 22.7 Å². The van der Waals surface area contributed by atoms with E-state index in [1.807, 2.05) is 0 Å². The fourth-order valence-corrected chi connectivity index (χ4v) is 2.79. The van der Waals surface area contributed by atoms with Crippen LogP contribution in [-0.4, -0.2) is 37.4 Å². The van der Waals surface area contributed by atoms with Gasteiger partial charge in [0.25, 0.3) is 0 Å². The van der Waals surface area contributed by atoms with Gasteiger partial charge in [0.15, 0.2) is 0 Å². The van der Waals surface area contributed by atoms with Gasteiger partial charge in [-0.05, 0) is 40.5 Å². The van der Waals surface area contributed by atoms with Gasteiger partial charge in [-0.3, -0.25) is 9.52 Å². The third-order valence-corrected chi connectivity index (χ3v) is 4.65. The van der Waals surface area contributed by atoms with E-state index in [1.165, 1.54) is 13.1 Å². The second-order valence-corrected chi connectivity index (χ2v) is 6.79. The van der Waals surface area contributed by atoms with Gasteiger partial charge in [-0.25, -0.2) is 4.39 Å². The van der Waals surface area contributed by atoms with E-state index in [0.717, 1.165) is 10.4 Å². The second-order valence-electron chi connectivity index (χ2n) is 4.15. The number of aryl methyl sites for hydroxylation is 1. The van der Waals surface area contributed by atoms with E-state index in [9.17, 15) is 17.6 Å². The summed E-state index contributed by atoms with van der Waals surface area (Å²) < 4.78 is 40.6. The van der Waals surface area contributed by atoms with Crippen molar-refractivity contribution in [2.24, 2.45) is 0 Å². The van der Waals surface area contributed by atoms with Gasteiger partial charge in [-0.15, -0.1) is 0 Å². The third kappa shape index (κ3) is 4.43. The molecule has 0 radical (unpaired) electrons. The summed E-state index contributed by atoms with van der Waals surface area (Å²) in [5, 5.41) is 8.53. The van der Waals surface area contributed by atoms with Crippen molar-refractivity contribution in [3.05, 3.63) is 28.0 Å². The SMILES string of the molecule is Cc1cc(Br)c(F)cc1NS(=O)(=O)N(C)CCC(=O)O. The standard InChI is InChI=1S/C11H14BrFN2O4S/c1-7-5-8(12)9(13)6-10(7)14-20(18,19)15(2)4-3-11(16)17/h5-6,14H,3-4H2,1-2H3,(H,16,17). The quantitative estimate of drug-likeness (QED) is 0.803. The lowest BCUT2D eigenvalue weighted by atomic mass is 10.2. The van der Waals surface area contributed by atoms with E-state index in [2.05, 4.69) is 20.7 Å². The normalized spacial score (nSPS) is 11.7. The molecule has 2 N–H and O–H groups in total. The van der Waals surface area contributed by atoms with E-state index in [1.54, 1.807) is 6.92 Å². The number of nitrogens with zero attached hydrogens (tertiary/aromatic N) is 1. The number of carboxylic acid groups (broad SMARTS) is 1. The number of carboxylic acids is 1. The van der Waals surface area contributed by atoms with Crippen LogP contribution in [0, 0.1) is 12.7 Å². The smallest absolute Gasteiger partial charge is 0.304 e. The van der Waals surface area contributed by atoms with Gasteiger partial charge < -0.3 is 5.11 Å². The van der Waals surface area contributed by atoms with Crippen LogP contribution in [0.1, 0.15) is 12.0 Å². The highest BCUT2D eigenvalue weighted by Gasteiger charge is 2.19. The lowest BCUT2D eigenvalue weighted by molar-refractivity contribution is -0.137. The van der Waals surface area contributed by atoms with Crippen molar-refractivity contribution in [3.8, 4) is 0 Å². The van der Waals surface area contributed by atoms with E-state index >= 15 is 0 Å². The number of nitrogens with one attached hydrogen (secondary N) is 1. The molecule has 0 aliphatic heterocycles. The highest BCUT2D eigenvalue weighted by atomic mass is 79.9. The molecule has 0 aliphatic carbocycles. The molecule has 0 saturated heterocycles. The summed E-state index contributed by atoms with van der Waals surface area (Å²) in [5.41, 5.74) is 0.640. The third-order valence-electron chi connectivity index (χ3n) is 2.56. The minimum absolute atomic E-state index is 0.105. The molecule has 0 saturated carbocycles. The Bertz CT molecular complexity index is 621. The van der Waals surface area contributed by atoms with Gasteiger partial charge in [0, 0.05) is 13.6 Å². The first-order valence-corrected chi connectivity index (χ1v) is 7.78. The molecular weight excluding hydrogens is 355 g/mol. The molecule has 1 rings (SSSR count). The van der Waals surface area contributed by atoms with E-state index in [4.69, 9.17) is 5.11 Å². The maximum Gasteiger partial charge on any atom is 0.304 e. The summed E-state index contributed by atoms with van der Waals surface area (Å²) in [6.45, 7) is 1.45. The number of aliphatic carboxylic acids is 1. The zero-order valence-corrected chi connectivity index (χ0v) is 13.3. The molecule has 0 amide bonds. The molecule has 6 nitrogen and oxygen atoms in total. The molecule has 0 aliphatic rings. The minimum atomic E-state index is -3.92. The van der Waals surface area contributed by atoms with Crippen LogP contribution in [0.25, 0.3) is 0 Å². The second kappa shape index (κ2) is 6.51. The van der Waals surface area contributed by atoms with Crippen LogP contribution >= 0.6 is 15.9 Å². The number of carbonyl (C=O) groups is 1. The average Bonchev–Trinajstić information content (AvgIpc) is 2.32. The number of hydrogen-bond acceptors (Lipinski definition) is 3. The van der Waals surface area contributed by atoms with Crippen molar-refractivity contribution in [1.82, 2.24) is 4.31 Å². The lowest BCUT2D eigenvalue weighted by Gasteiger charge is -2.18. The highest BCUT2D eigenvalue weighted by molar-refractivity contribution is 9.10. The van der Waals surface area contributed by atoms with Crippen LogP contribution in [0.15, 0.2) is 16.6 Å². The summed E-state index contributed by atoms with van der Waals surface area (Å²) in [6.07, 6.45) is -0.314. The maximum absolute atomic E-state index is 13.4. The Morgan fingerprint density at radius 3 is 2.65 bits per heavy atom. The van der Waals surface area contributed by atoms with Crippen LogP contribution in [0.4, 0.5) is 10.1 Å². The van der Waals surface area contributed by atoms with E-state index in [-0.39, 0.29) is 23.1 Å². The molecule has 0 bridgehead atoms. The van der Waals surface area contributed by atoms with Gasteiger partial charge in [0.2, 0.25) is 0 Å². The molecule has 0 heterocycles. The highest BCUT2D eigenvalue weighted by Crippen LogP contribution is 2.25. The molecule has 1 aromatic rings. The molecule has 0 spiro atoms. The van der Waals surface area contributed by atoms with Crippen LogP contribution in [0.5, 0.6) is 0 Å². The Hall–Kier alpha value is -1.19. The molecule has 0 fully saturated rings. The summed E-state index contributed by atoms with van der Waals surface area (Å²) >= 11 is 3.00. The fraction of sp³-hybridized carbons (Fsp3) is 0.364. The molecule has 0 atom stereocenters. The van der Waals surface area contributed by atoms with Crippen LogP contribution in [-0.2, 0) is 15.0 Å². The summed E-state index contributed by atoms with van der Waals surface area (Å²) in [5.74, 6) is -1.69. The van der Waals surface area contributed by atoms with Gasteiger partial charge in [0.05, 0.1) is 16.6 Å². The molecule has 1 aromatic carbocycles. The van der Waals surface area contributed by atoms with Crippen molar-refractivity contribution in [3.63, 3.8) is 0 Å². The van der Waals surface area contributed by atoms with Crippen molar-refractivity contribution in [2.75, 3.05) is 18.3 Å². The Morgan fingerprint density at radius 1 is 1.50 bits per heavy atom. The molecule has 9 heteroatoms. The zero-order chi connectivity index (χ0) is 15.5. The van der Waals surface area contributed by atoms with Gasteiger partial charge in [0.1, 0.15) is 5.82 Å². The number of anilines is 1. The average molecular weight is 369 g/mol. The fourth-order valence-electron chi connectivity index (χ4n) is 1.35. The monoisotopic (exact) mass is 368 g/mol. The van der Waals surface area contributed by atoms with Crippen molar-refractivity contribution in [2.45, 2.75) is 13.3 Å². The Morgan fingerprint density at radius 2 is 2.10 bits per heavy atom. The first-order valence-electron chi connectivity index (χ1n) is 5.55. The largest absolute Gasteiger partial charge is 0.481 e. The van der Waals surface area contributed by atoms with Gasteiger partial charge >= 0.3 is 16.2 Å². The van der Waals surface area contributed by atoms with Crippen LogP contribution < -0.4 is 4.72 Å². The van der Waals surface area contributed by atoms with Gasteiger partial charge in [-0.2, -0.15) is 12.7 Å². The number of rotatable bonds is 6. The lowest BCUT2D eigenvalue weighted by Crippen LogP contribution is -2.34. The first-order chi connectivity index (χ1) is 9.13. The zero-order valence-electron chi connectivity index (χ0n) is 10.9. The molecule has 0 aromatic heterocycles. The maximum atomic E-state index is 13.4. The minimum Gasteiger partial charge on any atom is -0.481 e. The Kier molecular flexibility index (Phi) is 5.49. The predicted octanol–water partition coefficient (Wildman–Crippen LogP) is 1.96. The number of benzene rings is 1. The molecule has 112 valence electrons. The van der Waals surface area contributed by atoms with Crippen molar-refractivity contribution in [1.29, 1.82) is 0 Å².